The first kappa shape index (κ1) is 16.4. The fourth-order valence-electron chi connectivity index (χ4n) is 1.99. The molecule has 7 heteroatoms. The Balaban J connectivity index is 2.30. The molecule has 0 aliphatic heterocycles. The number of thioether (sulfide) groups is 1. The average molecular weight is 322 g/mol. The molecule has 6 nitrogen and oxygen atoms in total. The van der Waals surface area contributed by atoms with Crippen molar-refractivity contribution in [2.75, 3.05) is 26.6 Å². The van der Waals surface area contributed by atoms with Gasteiger partial charge in [-0.15, -0.1) is 0 Å². The summed E-state index contributed by atoms with van der Waals surface area (Å²) in [4.78, 5) is 15.1. The van der Waals surface area contributed by atoms with E-state index in [0.29, 0.717) is 18.3 Å². The van der Waals surface area contributed by atoms with Crippen molar-refractivity contribution < 1.29 is 19.4 Å². The van der Waals surface area contributed by atoms with Gasteiger partial charge in [-0.05, 0) is 24.3 Å². The van der Waals surface area contributed by atoms with Crippen LogP contribution in [0.4, 0.5) is 0 Å². The van der Waals surface area contributed by atoms with E-state index in [0.717, 1.165) is 17.0 Å². The summed E-state index contributed by atoms with van der Waals surface area (Å²) in [7, 11) is 3.26. The van der Waals surface area contributed by atoms with Crippen LogP contribution in [0.15, 0.2) is 35.6 Å². The topological polar surface area (TPSA) is 73.6 Å². The van der Waals surface area contributed by atoms with Crippen LogP contribution >= 0.6 is 11.8 Å². The van der Waals surface area contributed by atoms with E-state index >= 15 is 0 Å². The number of hydrogen-bond acceptors (Lipinski definition) is 5. The number of nitrogens with zero attached hydrogens (tertiary/aromatic N) is 2. The highest BCUT2D eigenvalue weighted by atomic mass is 32.2. The summed E-state index contributed by atoms with van der Waals surface area (Å²) in [6.45, 7) is 1.14. The molecule has 0 amide bonds. The van der Waals surface area contributed by atoms with Crippen LogP contribution in [0, 0.1) is 0 Å². The second-order valence-electron chi connectivity index (χ2n) is 4.48. The Morgan fingerprint density at radius 1 is 1.32 bits per heavy atom. The predicted molar refractivity (Wildman–Crippen MR) is 84.5 cm³/mol. The van der Waals surface area contributed by atoms with Gasteiger partial charge in [-0.3, -0.25) is 4.79 Å². The molecule has 0 unspecified atom stereocenters. The Kier molecular flexibility index (Phi) is 5.85. The summed E-state index contributed by atoms with van der Waals surface area (Å²) in [5.41, 5.74) is 1.92. The molecule has 0 fully saturated rings. The Bertz CT molecular complexity index is 625. The number of carboxylic acid groups (broad SMARTS) is 1. The average Bonchev–Trinajstić information content (AvgIpc) is 2.93. The summed E-state index contributed by atoms with van der Waals surface area (Å²) in [6.07, 6.45) is 1.75. The van der Waals surface area contributed by atoms with Gasteiger partial charge in [0.15, 0.2) is 5.16 Å². The number of ether oxygens (including phenoxy) is 2. The van der Waals surface area contributed by atoms with Crippen LogP contribution in [0.25, 0.3) is 11.3 Å². The van der Waals surface area contributed by atoms with Crippen molar-refractivity contribution in [3.05, 3.63) is 30.5 Å². The molecular formula is C15H18N2O4S. The van der Waals surface area contributed by atoms with E-state index in [1.165, 1.54) is 11.8 Å². The van der Waals surface area contributed by atoms with Crippen LogP contribution in [0.5, 0.6) is 5.75 Å². The van der Waals surface area contributed by atoms with E-state index in [1.807, 2.05) is 28.8 Å². The van der Waals surface area contributed by atoms with Crippen molar-refractivity contribution in [1.29, 1.82) is 0 Å². The van der Waals surface area contributed by atoms with E-state index in [9.17, 15) is 4.79 Å². The quantitative estimate of drug-likeness (QED) is 0.752. The minimum atomic E-state index is -0.864. The van der Waals surface area contributed by atoms with Gasteiger partial charge in [0, 0.05) is 19.2 Å². The van der Waals surface area contributed by atoms with Crippen molar-refractivity contribution in [3.63, 3.8) is 0 Å². The Morgan fingerprint density at radius 2 is 2.05 bits per heavy atom. The minimum Gasteiger partial charge on any atom is -0.497 e. The molecule has 0 radical (unpaired) electrons. The number of imidazole rings is 1. The van der Waals surface area contributed by atoms with Crippen LogP contribution in [0.3, 0.4) is 0 Å². The number of aliphatic carboxylic acids is 1. The second-order valence-corrected chi connectivity index (χ2v) is 5.42. The lowest BCUT2D eigenvalue weighted by molar-refractivity contribution is -0.133. The molecule has 0 aliphatic carbocycles. The van der Waals surface area contributed by atoms with Crippen LogP contribution in [0.2, 0.25) is 0 Å². The van der Waals surface area contributed by atoms with Crippen LogP contribution in [-0.4, -0.2) is 47.2 Å². The number of methoxy groups -OCH3 is 2. The monoisotopic (exact) mass is 322 g/mol. The van der Waals surface area contributed by atoms with E-state index in [1.54, 1.807) is 20.4 Å². The zero-order chi connectivity index (χ0) is 15.9. The first-order valence-corrected chi connectivity index (χ1v) is 7.67. The van der Waals surface area contributed by atoms with Crippen molar-refractivity contribution in [1.82, 2.24) is 9.55 Å². The van der Waals surface area contributed by atoms with E-state index in [-0.39, 0.29) is 5.75 Å². The fraction of sp³-hybridized carbons (Fsp3) is 0.333. The third-order valence-corrected chi connectivity index (χ3v) is 4.02. The lowest BCUT2D eigenvalue weighted by Gasteiger charge is -2.11. The molecule has 0 saturated heterocycles. The maximum absolute atomic E-state index is 10.7. The Labute approximate surface area is 133 Å². The number of carboxylic acids is 1. The van der Waals surface area contributed by atoms with Gasteiger partial charge in [-0.2, -0.15) is 0 Å². The molecule has 1 heterocycles. The Morgan fingerprint density at radius 3 is 2.64 bits per heavy atom. The van der Waals surface area contributed by atoms with Gasteiger partial charge in [0.05, 0.1) is 31.4 Å². The summed E-state index contributed by atoms with van der Waals surface area (Å²) in [5.74, 6) is -0.101. The SMILES string of the molecule is COCCn1c(-c2ccc(OC)cc2)cnc1SCC(=O)O. The highest BCUT2D eigenvalue weighted by molar-refractivity contribution is 7.99. The molecule has 0 spiro atoms. The van der Waals surface area contributed by atoms with Gasteiger partial charge in [0.2, 0.25) is 0 Å². The van der Waals surface area contributed by atoms with Gasteiger partial charge in [0.25, 0.3) is 0 Å². The van der Waals surface area contributed by atoms with Crippen LogP contribution < -0.4 is 4.74 Å². The third kappa shape index (κ3) is 4.02. The molecule has 0 atom stereocenters. The largest absolute Gasteiger partial charge is 0.497 e. The normalized spacial score (nSPS) is 10.6. The van der Waals surface area contributed by atoms with Crippen molar-refractivity contribution in [3.8, 4) is 17.0 Å². The van der Waals surface area contributed by atoms with E-state index < -0.39 is 5.97 Å². The molecule has 0 saturated carbocycles. The number of benzene rings is 1. The molecule has 0 bridgehead atoms. The van der Waals surface area contributed by atoms with Crippen LogP contribution in [-0.2, 0) is 16.1 Å². The third-order valence-electron chi connectivity index (χ3n) is 3.05. The van der Waals surface area contributed by atoms with Crippen molar-refractivity contribution in [2.24, 2.45) is 0 Å². The van der Waals surface area contributed by atoms with E-state index in [4.69, 9.17) is 14.6 Å². The first-order valence-electron chi connectivity index (χ1n) is 6.69. The maximum atomic E-state index is 10.7. The fourth-order valence-corrected chi connectivity index (χ4v) is 2.72. The van der Waals surface area contributed by atoms with Gasteiger partial charge in [-0.1, -0.05) is 11.8 Å². The lowest BCUT2D eigenvalue weighted by Crippen LogP contribution is -2.08. The lowest BCUT2D eigenvalue weighted by atomic mass is 10.1. The van der Waals surface area contributed by atoms with E-state index in [2.05, 4.69) is 4.98 Å². The first-order chi connectivity index (χ1) is 10.7. The molecule has 1 aromatic carbocycles. The summed E-state index contributed by atoms with van der Waals surface area (Å²) >= 11 is 1.20. The zero-order valence-electron chi connectivity index (χ0n) is 12.5. The molecule has 118 valence electrons. The molecule has 0 aliphatic rings. The van der Waals surface area contributed by atoms with Crippen molar-refractivity contribution in [2.45, 2.75) is 11.7 Å². The van der Waals surface area contributed by atoms with Crippen molar-refractivity contribution >= 4 is 17.7 Å². The van der Waals surface area contributed by atoms with Gasteiger partial charge in [0.1, 0.15) is 5.75 Å². The molecule has 1 N–H and O–H groups in total. The van der Waals surface area contributed by atoms with Gasteiger partial charge in [-0.25, -0.2) is 4.98 Å². The predicted octanol–water partition coefficient (Wildman–Crippen LogP) is 2.38. The number of rotatable bonds is 8. The minimum absolute atomic E-state index is 0.0218. The molecular weight excluding hydrogens is 304 g/mol. The number of hydrogen-bond donors (Lipinski definition) is 1. The molecule has 22 heavy (non-hydrogen) atoms. The zero-order valence-corrected chi connectivity index (χ0v) is 13.3. The summed E-state index contributed by atoms with van der Waals surface area (Å²) in [5, 5.41) is 9.50. The molecule has 2 aromatic rings. The molecule has 1 aromatic heterocycles. The highest BCUT2D eigenvalue weighted by Gasteiger charge is 2.13. The summed E-state index contributed by atoms with van der Waals surface area (Å²) in [6, 6.07) is 7.66. The Hall–Kier alpha value is -1.99. The van der Waals surface area contributed by atoms with Crippen LogP contribution in [0.1, 0.15) is 0 Å². The summed E-state index contributed by atoms with van der Waals surface area (Å²) < 4.78 is 12.3. The molecule has 2 rings (SSSR count). The number of aromatic nitrogens is 2. The standard InChI is InChI=1S/C15H18N2O4S/c1-20-8-7-17-13(9-16-15(17)22-10-14(18)19)11-3-5-12(21-2)6-4-11/h3-6,9H,7-8,10H2,1-2H3,(H,18,19). The maximum Gasteiger partial charge on any atom is 0.313 e. The number of carbonyl (C=O) groups is 1. The highest BCUT2D eigenvalue weighted by Crippen LogP contribution is 2.27. The van der Waals surface area contributed by atoms with Gasteiger partial charge < -0.3 is 19.1 Å². The smallest absolute Gasteiger partial charge is 0.313 e. The second kappa shape index (κ2) is 7.86. The van der Waals surface area contributed by atoms with Gasteiger partial charge >= 0.3 is 5.97 Å².